The third-order valence-corrected chi connectivity index (χ3v) is 20.6. The van der Waals surface area contributed by atoms with Crippen molar-refractivity contribution in [3.8, 4) is 0 Å². The standard InChI is InChI=1S/C52H77FN2O4S/c1-35(2)40-17-24-52(54-27-28-55-38(29-56)32-60-33-39(55)30-57)26-25-49(6)42(45(40)52)13-14-44-48(5)20-18-41(47(3,4)43(48)19-21-50(44,49)7)37-15-22-51(34-53,23-16-37)46(58)59-31-36-11-9-8-10-12-36/h8-12,15,18,38-40,42-45,54,56-57H,1,13-14,16-17,19-34H2,2-7H3/t38?,39?,40-,42+,43-,44+,45+,48-,49+,50+,51+,52-/m0/s1. The number of carbonyl (C=O) groups is 1. The Kier molecular flexibility index (Phi) is 12.5. The summed E-state index contributed by atoms with van der Waals surface area (Å²) in [4.78, 5) is 15.8. The van der Waals surface area contributed by atoms with Crippen molar-refractivity contribution in [1.82, 2.24) is 10.2 Å². The molecule has 7 aliphatic rings. The van der Waals surface area contributed by atoms with E-state index in [-0.39, 0.29) is 59.1 Å². The second-order valence-electron chi connectivity index (χ2n) is 22.2. The molecule has 8 heteroatoms. The van der Waals surface area contributed by atoms with Crippen LogP contribution in [-0.4, -0.2) is 83.2 Å². The second-order valence-corrected chi connectivity index (χ2v) is 23.2. The first-order valence-electron chi connectivity index (χ1n) is 23.8. The molecule has 6 nitrogen and oxygen atoms in total. The molecule has 0 aromatic heterocycles. The molecule has 1 aliphatic heterocycles. The summed E-state index contributed by atoms with van der Waals surface area (Å²) in [5.74, 6) is 4.43. The monoisotopic (exact) mass is 845 g/mol. The third-order valence-electron chi connectivity index (χ3n) is 19.3. The minimum atomic E-state index is -1.10. The summed E-state index contributed by atoms with van der Waals surface area (Å²) in [5, 5.41) is 24.7. The van der Waals surface area contributed by atoms with Crippen LogP contribution >= 0.6 is 11.8 Å². The molecule has 1 saturated heterocycles. The highest BCUT2D eigenvalue weighted by Gasteiger charge is 2.70. The highest BCUT2D eigenvalue weighted by Crippen LogP contribution is 2.76. The number of nitrogens with zero attached hydrogens (tertiary/aromatic N) is 1. The molecule has 0 radical (unpaired) electrons. The second kappa shape index (κ2) is 16.9. The van der Waals surface area contributed by atoms with Gasteiger partial charge in [0.1, 0.15) is 13.3 Å². The molecule has 12 atom stereocenters. The summed E-state index contributed by atoms with van der Waals surface area (Å²) in [6.07, 6.45) is 17.5. The molecule has 1 aromatic carbocycles. The first-order valence-corrected chi connectivity index (χ1v) is 24.9. The lowest BCUT2D eigenvalue weighted by atomic mass is 9.33. The van der Waals surface area contributed by atoms with Crippen molar-refractivity contribution in [2.75, 3.05) is 44.5 Å². The number of aliphatic hydroxyl groups is 2. The fraction of sp³-hybridized carbons (Fsp3) is 0.750. The number of nitrogens with one attached hydrogen (secondary N) is 1. The number of esters is 1. The molecular weight excluding hydrogens is 768 g/mol. The fourth-order valence-corrected chi connectivity index (χ4v) is 17.2. The van der Waals surface area contributed by atoms with Gasteiger partial charge in [0.25, 0.3) is 0 Å². The number of allylic oxidation sites excluding steroid dienone is 5. The smallest absolute Gasteiger partial charge is 0.315 e. The predicted octanol–water partition coefficient (Wildman–Crippen LogP) is 10.1. The van der Waals surface area contributed by atoms with Crippen LogP contribution < -0.4 is 5.32 Å². The number of hydrogen-bond donors (Lipinski definition) is 3. The van der Waals surface area contributed by atoms with E-state index in [4.69, 9.17) is 4.74 Å². The number of halogens is 1. The van der Waals surface area contributed by atoms with Crippen molar-refractivity contribution in [2.24, 2.45) is 56.7 Å². The van der Waals surface area contributed by atoms with Gasteiger partial charge >= 0.3 is 5.97 Å². The predicted molar refractivity (Wildman–Crippen MR) is 243 cm³/mol. The van der Waals surface area contributed by atoms with Gasteiger partial charge in [-0.2, -0.15) is 11.8 Å². The van der Waals surface area contributed by atoms with Crippen LogP contribution in [0, 0.1) is 56.7 Å². The molecule has 0 amide bonds. The van der Waals surface area contributed by atoms with Crippen LogP contribution in [0.1, 0.15) is 124 Å². The zero-order valence-corrected chi connectivity index (χ0v) is 38.7. The molecular formula is C52H77FN2O4S. The average molecular weight is 845 g/mol. The van der Waals surface area contributed by atoms with Crippen molar-refractivity contribution in [3.05, 3.63) is 71.3 Å². The lowest BCUT2D eigenvalue weighted by Crippen LogP contribution is -2.68. The Morgan fingerprint density at radius 3 is 2.28 bits per heavy atom. The zero-order valence-electron chi connectivity index (χ0n) is 37.9. The van der Waals surface area contributed by atoms with Crippen LogP contribution in [0.25, 0.3) is 0 Å². The van der Waals surface area contributed by atoms with Crippen LogP contribution in [0.4, 0.5) is 4.39 Å². The molecule has 6 aliphatic carbocycles. The molecule has 60 heavy (non-hydrogen) atoms. The van der Waals surface area contributed by atoms with E-state index in [2.05, 4.69) is 70.5 Å². The third kappa shape index (κ3) is 7.15. The highest BCUT2D eigenvalue weighted by molar-refractivity contribution is 7.99. The number of hydrogen-bond acceptors (Lipinski definition) is 7. The van der Waals surface area contributed by atoms with Gasteiger partial charge in [-0.15, -0.1) is 0 Å². The van der Waals surface area contributed by atoms with Gasteiger partial charge in [-0.25, -0.2) is 4.39 Å². The molecule has 332 valence electrons. The van der Waals surface area contributed by atoms with E-state index in [1.165, 1.54) is 68.1 Å². The van der Waals surface area contributed by atoms with Gasteiger partial charge in [-0.3, -0.25) is 9.69 Å². The van der Waals surface area contributed by atoms with E-state index < -0.39 is 18.1 Å². The maximum absolute atomic E-state index is 14.8. The molecule has 5 fully saturated rings. The van der Waals surface area contributed by atoms with E-state index in [1.807, 2.05) is 42.1 Å². The average Bonchev–Trinajstić information content (AvgIpc) is 3.63. The van der Waals surface area contributed by atoms with E-state index >= 15 is 0 Å². The summed E-state index contributed by atoms with van der Waals surface area (Å²) < 4.78 is 20.5. The number of alkyl halides is 1. The fourth-order valence-electron chi connectivity index (χ4n) is 15.9. The Hall–Kier alpha value is -1.97. The lowest BCUT2D eigenvalue weighted by Gasteiger charge is -2.72. The maximum atomic E-state index is 14.8. The van der Waals surface area contributed by atoms with Crippen molar-refractivity contribution in [2.45, 2.75) is 143 Å². The normalized spacial score (nSPS) is 42.5. The SMILES string of the molecule is C=C(C)[C@@H]1CC[C@]2(NCCN3C(CO)CSCC3CO)CC[C@]3(C)[C@H](CC[C@@H]4[C@@]5(C)CC=C(C6=CC[C@@](CF)(C(=O)OCc7ccccc7)CC6)C(C)(C)[C@@H]5CC[C@]43C)[C@@H]12. The van der Waals surface area contributed by atoms with Crippen molar-refractivity contribution < 1.29 is 24.1 Å². The number of thioether (sulfide) groups is 1. The van der Waals surface area contributed by atoms with Crippen LogP contribution in [-0.2, 0) is 16.1 Å². The topological polar surface area (TPSA) is 82.0 Å². The molecule has 2 unspecified atom stereocenters. The van der Waals surface area contributed by atoms with Crippen LogP contribution in [0.2, 0.25) is 0 Å². The van der Waals surface area contributed by atoms with Gasteiger partial charge in [0.15, 0.2) is 0 Å². The van der Waals surface area contributed by atoms with E-state index in [0.717, 1.165) is 36.6 Å². The Bertz CT molecular complexity index is 1800. The lowest BCUT2D eigenvalue weighted by molar-refractivity contribution is -0.221. The van der Waals surface area contributed by atoms with Crippen molar-refractivity contribution in [1.29, 1.82) is 0 Å². The molecule has 1 aromatic rings. The van der Waals surface area contributed by atoms with Gasteiger partial charge in [-0.05, 0) is 152 Å². The maximum Gasteiger partial charge on any atom is 0.315 e. The quantitative estimate of drug-likeness (QED) is 0.143. The molecule has 8 rings (SSSR count). The van der Waals surface area contributed by atoms with Crippen LogP contribution in [0.3, 0.4) is 0 Å². The summed E-state index contributed by atoms with van der Waals surface area (Å²) in [6.45, 7) is 21.6. The minimum absolute atomic E-state index is 0.0132. The number of benzene rings is 1. The number of ether oxygens (including phenoxy) is 1. The van der Waals surface area contributed by atoms with E-state index in [9.17, 15) is 19.4 Å². The van der Waals surface area contributed by atoms with Crippen LogP contribution in [0.5, 0.6) is 0 Å². The molecule has 0 spiro atoms. The summed E-state index contributed by atoms with van der Waals surface area (Å²) >= 11 is 1.86. The summed E-state index contributed by atoms with van der Waals surface area (Å²) in [6, 6.07) is 9.91. The largest absolute Gasteiger partial charge is 0.460 e. The van der Waals surface area contributed by atoms with E-state index in [1.54, 1.807) is 0 Å². The number of carbonyl (C=O) groups excluding carboxylic acids is 1. The van der Waals surface area contributed by atoms with Gasteiger partial charge in [0.05, 0.1) is 18.6 Å². The first-order chi connectivity index (χ1) is 28.6. The van der Waals surface area contributed by atoms with Gasteiger partial charge in [0, 0.05) is 42.2 Å². The summed E-state index contributed by atoms with van der Waals surface area (Å²) in [7, 11) is 0. The Balaban J connectivity index is 1.00. The van der Waals surface area contributed by atoms with Gasteiger partial charge < -0.3 is 20.3 Å². The molecule has 3 N–H and O–H groups in total. The Morgan fingerprint density at radius 2 is 1.63 bits per heavy atom. The number of aliphatic hydroxyl groups excluding tert-OH is 2. The van der Waals surface area contributed by atoms with Crippen molar-refractivity contribution in [3.63, 3.8) is 0 Å². The molecule has 4 saturated carbocycles. The minimum Gasteiger partial charge on any atom is -0.460 e. The van der Waals surface area contributed by atoms with Crippen molar-refractivity contribution >= 4 is 17.7 Å². The van der Waals surface area contributed by atoms with Gasteiger partial charge in [-0.1, -0.05) is 89.3 Å². The first kappa shape index (κ1) is 44.6. The highest BCUT2D eigenvalue weighted by atomic mass is 32.2. The van der Waals surface area contributed by atoms with Crippen LogP contribution in [0.15, 0.2) is 65.8 Å². The summed E-state index contributed by atoms with van der Waals surface area (Å²) in [5.41, 5.74) is 4.75. The zero-order chi connectivity index (χ0) is 42.7. The molecule has 0 bridgehead atoms. The van der Waals surface area contributed by atoms with Gasteiger partial charge in [0.2, 0.25) is 0 Å². The Labute approximate surface area is 366 Å². The number of rotatable bonds is 12. The number of fused-ring (bicyclic) bond motifs is 7. The molecule has 1 heterocycles. The van der Waals surface area contributed by atoms with E-state index in [0.29, 0.717) is 48.9 Å². The Morgan fingerprint density at radius 1 is 0.900 bits per heavy atom.